The second-order valence-corrected chi connectivity index (χ2v) is 4.42. The lowest BCUT2D eigenvalue weighted by molar-refractivity contribution is -0.120. The molecule has 1 aromatic carbocycles. The standard InChI is InChI=1S/C13H19ClN2O3.ClH/c1-19-7-6-15-9-13(18)16-8-12(17)10-4-2-3-5-11(10)14;/h2-5,12,15,17H,6-9H2,1H3,(H,16,18);1H. The predicted octanol–water partition coefficient (Wildman–Crippen LogP) is 1.15. The van der Waals surface area contributed by atoms with Crippen LogP contribution in [0.3, 0.4) is 0 Å². The molecule has 0 saturated heterocycles. The van der Waals surface area contributed by atoms with Gasteiger partial charge in [-0.1, -0.05) is 29.8 Å². The molecule has 0 bridgehead atoms. The lowest BCUT2D eigenvalue weighted by atomic mass is 10.1. The zero-order valence-corrected chi connectivity index (χ0v) is 12.8. The highest BCUT2D eigenvalue weighted by atomic mass is 35.5. The van der Waals surface area contributed by atoms with E-state index in [1.807, 2.05) is 0 Å². The van der Waals surface area contributed by atoms with Gasteiger partial charge in [0.25, 0.3) is 0 Å². The predicted molar refractivity (Wildman–Crippen MR) is 81.4 cm³/mol. The van der Waals surface area contributed by atoms with Crippen molar-refractivity contribution in [1.29, 1.82) is 0 Å². The number of rotatable bonds is 8. The van der Waals surface area contributed by atoms with Crippen LogP contribution in [-0.2, 0) is 9.53 Å². The Balaban J connectivity index is 0.00000361. The van der Waals surface area contributed by atoms with Crippen LogP contribution in [0.4, 0.5) is 0 Å². The van der Waals surface area contributed by atoms with Gasteiger partial charge in [0.2, 0.25) is 5.91 Å². The SMILES string of the molecule is COCCNCC(=O)NCC(O)c1ccccc1Cl.Cl. The Hall–Kier alpha value is -0.850. The molecular formula is C13H20Cl2N2O3. The summed E-state index contributed by atoms with van der Waals surface area (Å²) in [5.41, 5.74) is 0.608. The van der Waals surface area contributed by atoms with Gasteiger partial charge in [0.05, 0.1) is 19.3 Å². The number of nitrogens with one attached hydrogen (secondary N) is 2. The number of carbonyl (C=O) groups is 1. The van der Waals surface area contributed by atoms with Gasteiger partial charge in [0.15, 0.2) is 0 Å². The third-order valence-electron chi connectivity index (χ3n) is 2.53. The first-order valence-corrected chi connectivity index (χ1v) is 6.41. The van der Waals surface area contributed by atoms with Crippen molar-refractivity contribution in [3.8, 4) is 0 Å². The van der Waals surface area contributed by atoms with Crippen LogP contribution in [-0.4, -0.2) is 44.4 Å². The fourth-order valence-corrected chi connectivity index (χ4v) is 1.77. The fraction of sp³-hybridized carbons (Fsp3) is 0.462. The van der Waals surface area contributed by atoms with Crippen molar-refractivity contribution in [2.45, 2.75) is 6.10 Å². The van der Waals surface area contributed by atoms with Crippen LogP contribution >= 0.6 is 24.0 Å². The highest BCUT2D eigenvalue weighted by Gasteiger charge is 2.11. The summed E-state index contributed by atoms with van der Waals surface area (Å²) in [4.78, 5) is 11.5. The lowest BCUT2D eigenvalue weighted by Crippen LogP contribution is -2.37. The lowest BCUT2D eigenvalue weighted by Gasteiger charge is -2.13. The zero-order chi connectivity index (χ0) is 14.1. The van der Waals surface area contributed by atoms with Gasteiger partial charge in [-0.05, 0) is 6.07 Å². The second-order valence-electron chi connectivity index (χ2n) is 4.01. The number of halogens is 2. The molecule has 3 N–H and O–H groups in total. The minimum absolute atomic E-state index is 0. The van der Waals surface area contributed by atoms with Crippen molar-refractivity contribution in [3.63, 3.8) is 0 Å². The molecule has 0 aliphatic carbocycles. The Morgan fingerprint density at radius 2 is 2.15 bits per heavy atom. The maximum absolute atomic E-state index is 11.5. The van der Waals surface area contributed by atoms with Crippen LogP contribution in [0.1, 0.15) is 11.7 Å². The van der Waals surface area contributed by atoms with Crippen molar-refractivity contribution < 1.29 is 14.6 Å². The number of amides is 1. The summed E-state index contributed by atoms with van der Waals surface area (Å²) in [6.07, 6.45) is -0.809. The summed E-state index contributed by atoms with van der Waals surface area (Å²) in [5, 5.41) is 16.0. The van der Waals surface area contributed by atoms with Gasteiger partial charge in [-0.3, -0.25) is 4.79 Å². The van der Waals surface area contributed by atoms with Crippen LogP contribution in [0.5, 0.6) is 0 Å². The van der Waals surface area contributed by atoms with Crippen LogP contribution in [0.25, 0.3) is 0 Å². The molecule has 1 atom stereocenters. The number of methoxy groups -OCH3 is 1. The average molecular weight is 323 g/mol. The number of aliphatic hydroxyl groups is 1. The van der Waals surface area contributed by atoms with Gasteiger partial charge in [-0.25, -0.2) is 0 Å². The molecule has 0 aliphatic rings. The summed E-state index contributed by atoms with van der Waals surface area (Å²) in [6.45, 7) is 1.49. The average Bonchev–Trinajstić information content (AvgIpc) is 2.41. The molecule has 0 saturated carbocycles. The first kappa shape index (κ1) is 19.1. The molecule has 1 aromatic rings. The second kappa shape index (κ2) is 10.9. The summed E-state index contributed by atoms with van der Waals surface area (Å²) < 4.78 is 4.84. The van der Waals surface area contributed by atoms with Gasteiger partial charge in [-0.2, -0.15) is 0 Å². The van der Waals surface area contributed by atoms with Gasteiger partial charge in [-0.15, -0.1) is 12.4 Å². The molecule has 0 heterocycles. The Bertz CT molecular complexity index is 405. The normalized spacial score (nSPS) is 11.6. The van der Waals surface area contributed by atoms with Crippen molar-refractivity contribution >= 4 is 29.9 Å². The monoisotopic (exact) mass is 322 g/mol. The molecule has 0 radical (unpaired) electrons. The van der Waals surface area contributed by atoms with E-state index in [1.165, 1.54) is 0 Å². The molecule has 1 unspecified atom stereocenters. The van der Waals surface area contributed by atoms with Gasteiger partial charge in [0, 0.05) is 30.8 Å². The van der Waals surface area contributed by atoms with E-state index in [9.17, 15) is 9.90 Å². The molecule has 0 spiro atoms. The first-order valence-electron chi connectivity index (χ1n) is 6.04. The van der Waals surface area contributed by atoms with E-state index >= 15 is 0 Å². The molecule has 20 heavy (non-hydrogen) atoms. The molecule has 0 fully saturated rings. The van der Waals surface area contributed by atoms with E-state index in [4.69, 9.17) is 16.3 Å². The van der Waals surface area contributed by atoms with E-state index < -0.39 is 6.10 Å². The number of aliphatic hydroxyl groups excluding tert-OH is 1. The summed E-state index contributed by atoms with van der Waals surface area (Å²) in [6, 6.07) is 7.01. The number of benzene rings is 1. The van der Waals surface area contributed by atoms with Crippen LogP contribution < -0.4 is 10.6 Å². The van der Waals surface area contributed by atoms with Crippen molar-refractivity contribution in [3.05, 3.63) is 34.9 Å². The number of ether oxygens (including phenoxy) is 1. The minimum atomic E-state index is -0.809. The number of carbonyl (C=O) groups excluding carboxylic acids is 1. The third kappa shape index (κ3) is 7.07. The summed E-state index contributed by atoms with van der Waals surface area (Å²) in [7, 11) is 1.60. The van der Waals surface area contributed by atoms with E-state index in [0.29, 0.717) is 23.7 Å². The molecule has 1 amide bonds. The fourth-order valence-electron chi connectivity index (χ4n) is 1.50. The summed E-state index contributed by atoms with van der Waals surface area (Å²) in [5.74, 6) is -0.179. The largest absolute Gasteiger partial charge is 0.387 e. The molecule has 0 aliphatic heterocycles. The van der Waals surface area contributed by atoms with E-state index in [1.54, 1.807) is 31.4 Å². The Morgan fingerprint density at radius 3 is 2.80 bits per heavy atom. The Kier molecular flexibility index (Phi) is 10.4. The maximum atomic E-state index is 11.5. The quantitative estimate of drug-likeness (QED) is 0.628. The summed E-state index contributed by atoms with van der Waals surface area (Å²) >= 11 is 5.95. The molecule has 114 valence electrons. The van der Waals surface area contributed by atoms with E-state index in [-0.39, 0.29) is 31.4 Å². The molecule has 5 nitrogen and oxygen atoms in total. The van der Waals surface area contributed by atoms with Crippen molar-refractivity contribution in [1.82, 2.24) is 10.6 Å². The van der Waals surface area contributed by atoms with Crippen LogP contribution in [0, 0.1) is 0 Å². The molecule has 1 rings (SSSR count). The van der Waals surface area contributed by atoms with Crippen molar-refractivity contribution in [2.75, 3.05) is 33.4 Å². The smallest absolute Gasteiger partial charge is 0.234 e. The molecular weight excluding hydrogens is 303 g/mol. The van der Waals surface area contributed by atoms with Crippen LogP contribution in [0.2, 0.25) is 5.02 Å². The zero-order valence-electron chi connectivity index (χ0n) is 11.3. The molecule has 7 heteroatoms. The first-order chi connectivity index (χ1) is 9.15. The maximum Gasteiger partial charge on any atom is 0.234 e. The van der Waals surface area contributed by atoms with Crippen molar-refractivity contribution in [2.24, 2.45) is 0 Å². The topological polar surface area (TPSA) is 70.6 Å². The molecule has 0 aromatic heterocycles. The number of hydrogen-bond acceptors (Lipinski definition) is 4. The van der Waals surface area contributed by atoms with E-state index in [0.717, 1.165) is 0 Å². The highest BCUT2D eigenvalue weighted by Crippen LogP contribution is 2.21. The number of hydrogen-bond donors (Lipinski definition) is 3. The van der Waals surface area contributed by atoms with E-state index in [2.05, 4.69) is 10.6 Å². The Labute approximate surface area is 130 Å². The van der Waals surface area contributed by atoms with Gasteiger partial charge < -0.3 is 20.5 Å². The third-order valence-corrected chi connectivity index (χ3v) is 2.87. The highest BCUT2D eigenvalue weighted by molar-refractivity contribution is 6.31. The minimum Gasteiger partial charge on any atom is -0.387 e. The Morgan fingerprint density at radius 1 is 1.45 bits per heavy atom. The van der Waals surface area contributed by atoms with Crippen LogP contribution in [0.15, 0.2) is 24.3 Å². The van der Waals surface area contributed by atoms with Gasteiger partial charge >= 0.3 is 0 Å². The van der Waals surface area contributed by atoms with Gasteiger partial charge in [0.1, 0.15) is 0 Å².